The Morgan fingerprint density at radius 2 is 2.25 bits per heavy atom. The Labute approximate surface area is 97.4 Å². The first-order chi connectivity index (χ1) is 7.66. The van der Waals surface area contributed by atoms with Crippen LogP contribution in [0.5, 0.6) is 0 Å². The van der Waals surface area contributed by atoms with Gasteiger partial charge < -0.3 is 5.73 Å². The van der Waals surface area contributed by atoms with Gasteiger partial charge >= 0.3 is 0 Å². The Bertz CT molecular complexity index is 334. The van der Waals surface area contributed by atoms with Gasteiger partial charge in [-0.15, -0.1) is 0 Å². The first-order valence-corrected chi connectivity index (χ1v) is 6.11. The molecule has 1 aromatic rings. The minimum Gasteiger partial charge on any atom is -0.326 e. The molecule has 0 bridgehead atoms. The minimum atomic E-state index is 0.336. The van der Waals surface area contributed by atoms with Crippen molar-refractivity contribution in [2.45, 2.75) is 44.3 Å². The maximum Gasteiger partial charge on any atom is 0.0764 e. The van der Waals surface area contributed by atoms with Crippen molar-refractivity contribution in [3.63, 3.8) is 0 Å². The minimum absolute atomic E-state index is 0.336. The van der Waals surface area contributed by atoms with E-state index in [4.69, 9.17) is 5.73 Å². The second kappa shape index (κ2) is 4.97. The lowest BCUT2D eigenvalue weighted by Crippen LogP contribution is -2.47. The van der Waals surface area contributed by atoms with Gasteiger partial charge in [-0.05, 0) is 26.0 Å². The third-order valence-electron chi connectivity index (χ3n) is 3.53. The molecule has 1 aliphatic carbocycles. The predicted molar refractivity (Wildman–Crippen MR) is 64.9 cm³/mol. The van der Waals surface area contributed by atoms with Crippen molar-refractivity contribution in [1.82, 2.24) is 14.7 Å². The fraction of sp³-hybridized carbons (Fsp3) is 0.750. The molecule has 1 saturated carbocycles. The molecule has 90 valence electrons. The Morgan fingerprint density at radius 1 is 1.50 bits per heavy atom. The van der Waals surface area contributed by atoms with E-state index < -0.39 is 0 Å². The van der Waals surface area contributed by atoms with Crippen LogP contribution in [0, 0.1) is 0 Å². The van der Waals surface area contributed by atoms with Gasteiger partial charge in [0.1, 0.15) is 0 Å². The highest BCUT2D eigenvalue weighted by molar-refractivity contribution is 4.99. The molecule has 0 aliphatic heterocycles. The lowest BCUT2D eigenvalue weighted by atomic mass is 9.90. The number of aromatic nitrogens is 2. The van der Waals surface area contributed by atoms with E-state index in [1.54, 1.807) is 0 Å². The number of hydrogen-bond acceptors (Lipinski definition) is 3. The van der Waals surface area contributed by atoms with E-state index in [2.05, 4.69) is 23.1 Å². The zero-order valence-corrected chi connectivity index (χ0v) is 10.3. The van der Waals surface area contributed by atoms with Gasteiger partial charge in [-0.2, -0.15) is 5.10 Å². The fourth-order valence-corrected chi connectivity index (χ4v) is 2.61. The first kappa shape index (κ1) is 11.6. The Kier molecular flexibility index (Phi) is 3.61. The van der Waals surface area contributed by atoms with Crippen LogP contribution < -0.4 is 5.73 Å². The van der Waals surface area contributed by atoms with Crippen LogP contribution in [-0.4, -0.2) is 33.8 Å². The average molecular weight is 222 g/mol. The summed E-state index contributed by atoms with van der Waals surface area (Å²) in [6.07, 6.45) is 6.98. The number of hydrogen-bond donors (Lipinski definition) is 1. The average Bonchev–Trinajstić information content (AvgIpc) is 2.64. The summed E-state index contributed by atoms with van der Waals surface area (Å²) in [5.74, 6) is 0. The summed E-state index contributed by atoms with van der Waals surface area (Å²) >= 11 is 0. The molecule has 0 amide bonds. The topological polar surface area (TPSA) is 47.1 Å². The molecule has 0 radical (unpaired) electrons. The summed E-state index contributed by atoms with van der Waals surface area (Å²) in [4.78, 5) is 2.35. The summed E-state index contributed by atoms with van der Waals surface area (Å²) in [5.41, 5.74) is 7.30. The summed E-state index contributed by atoms with van der Waals surface area (Å²) < 4.78 is 1.85. The third-order valence-corrected chi connectivity index (χ3v) is 3.53. The van der Waals surface area contributed by atoms with Gasteiger partial charge in [-0.3, -0.25) is 9.58 Å². The van der Waals surface area contributed by atoms with Crippen molar-refractivity contribution < 1.29 is 0 Å². The fourth-order valence-electron chi connectivity index (χ4n) is 2.61. The van der Waals surface area contributed by atoms with Crippen LogP contribution in [0.2, 0.25) is 0 Å². The summed E-state index contributed by atoms with van der Waals surface area (Å²) in [7, 11) is 4.11. The highest BCUT2D eigenvalue weighted by atomic mass is 15.3. The maximum atomic E-state index is 6.17. The summed E-state index contributed by atoms with van der Waals surface area (Å²) in [6.45, 7) is 0.902. The lowest BCUT2D eigenvalue weighted by Gasteiger charge is -2.35. The van der Waals surface area contributed by atoms with E-state index in [1.807, 2.05) is 17.9 Å². The largest absolute Gasteiger partial charge is 0.326 e. The molecule has 0 spiro atoms. The molecule has 2 unspecified atom stereocenters. The first-order valence-electron chi connectivity index (χ1n) is 6.11. The van der Waals surface area contributed by atoms with Crippen LogP contribution in [0.3, 0.4) is 0 Å². The van der Waals surface area contributed by atoms with Crippen molar-refractivity contribution in [3.8, 4) is 0 Å². The van der Waals surface area contributed by atoms with Crippen molar-refractivity contribution >= 4 is 0 Å². The van der Waals surface area contributed by atoms with Crippen molar-refractivity contribution in [1.29, 1.82) is 0 Å². The molecule has 2 rings (SSSR count). The number of nitrogens with two attached hydrogens (primary N) is 1. The number of rotatable bonds is 3. The predicted octanol–water partition coefficient (Wildman–Crippen LogP) is 1.12. The van der Waals surface area contributed by atoms with Gasteiger partial charge in [0.15, 0.2) is 0 Å². The highest BCUT2D eigenvalue weighted by Gasteiger charge is 2.25. The summed E-state index contributed by atoms with van der Waals surface area (Å²) in [6, 6.07) is 2.93. The number of likely N-dealkylation sites (N-methyl/N-ethyl adjacent to an activating group) is 1. The van der Waals surface area contributed by atoms with Crippen LogP contribution in [0.25, 0.3) is 0 Å². The molecule has 0 saturated heterocycles. The molecule has 2 atom stereocenters. The zero-order chi connectivity index (χ0) is 11.5. The Balaban J connectivity index is 1.93. The molecule has 1 heterocycles. The standard InChI is InChI=1S/C12H22N4/c1-15(9-10-7-8-16(2)14-10)12-6-4-3-5-11(12)13/h7-8,11-12H,3-6,9,13H2,1-2H3. The van der Waals surface area contributed by atoms with Crippen LogP contribution in [0.4, 0.5) is 0 Å². The summed E-state index contributed by atoms with van der Waals surface area (Å²) in [5, 5.41) is 4.40. The van der Waals surface area contributed by atoms with Gasteiger partial charge in [0, 0.05) is 31.9 Å². The van der Waals surface area contributed by atoms with Crippen molar-refractivity contribution in [2.24, 2.45) is 12.8 Å². The van der Waals surface area contributed by atoms with Crippen molar-refractivity contribution in [2.75, 3.05) is 7.05 Å². The monoisotopic (exact) mass is 222 g/mol. The van der Waals surface area contributed by atoms with Gasteiger partial charge in [0.2, 0.25) is 0 Å². The van der Waals surface area contributed by atoms with Gasteiger partial charge in [0.25, 0.3) is 0 Å². The Morgan fingerprint density at radius 3 is 2.88 bits per heavy atom. The smallest absolute Gasteiger partial charge is 0.0764 e. The van der Waals surface area contributed by atoms with Crippen LogP contribution in [-0.2, 0) is 13.6 Å². The maximum absolute atomic E-state index is 6.17. The molecule has 16 heavy (non-hydrogen) atoms. The molecule has 1 fully saturated rings. The van der Waals surface area contributed by atoms with E-state index in [0.717, 1.165) is 18.7 Å². The van der Waals surface area contributed by atoms with Crippen LogP contribution in [0.15, 0.2) is 12.3 Å². The van der Waals surface area contributed by atoms with Gasteiger partial charge in [0.05, 0.1) is 5.69 Å². The SMILES string of the molecule is CN(Cc1ccn(C)n1)C1CCCCC1N. The molecule has 4 nitrogen and oxygen atoms in total. The van der Waals surface area contributed by atoms with E-state index in [1.165, 1.54) is 19.3 Å². The van der Waals surface area contributed by atoms with Crippen LogP contribution >= 0.6 is 0 Å². The number of nitrogens with zero attached hydrogens (tertiary/aromatic N) is 3. The second-order valence-corrected chi connectivity index (χ2v) is 4.91. The molecule has 0 aromatic carbocycles. The van der Waals surface area contributed by atoms with Crippen molar-refractivity contribution in [3.05, 3.63) is 18.0 Å². The molecule has 1 aliphatic rings. The quantitative estimate of drug-likeness (QED) is 0.833. The molecule has 1 aromatic heterocycles. The lowest BCUT2D eigenvalue weighted by molar-refractivity contribution is 0.160. The zero-order valence-electron chi connectivity index (χ0n) is 10.3. The molecule has 4 heteroatoms. The molecule has 2 N–H and O–H groups in total. The van der Waals surface area contributed by atoms with E-state index in [0.29, 0.717) is 12.1 Å². The van der Waals surface area contributed by atoms with Gasteiger partial charge in [-0.25, -0.2) is 0 Å². The van der Waals surface area contributed by atoms with Gasteiger partial charge in [-0.1, -0.05) is 12.8 Å². The third kappa shape index (κ3) is 2.62. The number of aryl methyl sites for hydroxylation is 1. The normalized spacial score (nSPS) is 26.2. The van der Waals surface area contributed by atoms with E-state index >= 15 is 0 Å². The molecular formula is C12H22N4. The highest BCUT2D eigenvalue weighted by Crippen LogP contribution is 2.21. The van der Waals surface area contributed by atoms with Crippen LogP contribution in [0.1, 0.15) is 31.4 Å². The van der Waals surface area contributed by atoms with E-state index in [-0.39, 0.29) is 0 Å². The van der Waals surface area contributed by atoms with E-state index in [9.17, 15) is 0 Å². The second-order valence-electron chi connectivity index (χ2n) is 4.91. The molecular weight excluding hydrogens is 200 g/mol. The Hall–Kier alpha value is -0.870.